The zero-order valence-electron chi connectivity index (χ0n) is 5.49. The minimum absolute atomic E-state index is 0. The third-order valence-electron chi connectivity index (χ3n) is 1.06. The zero-order chi connectivity index (χ0) is 7.40. The molecule has 0 heterocycles. The first kappa shape index (κ1) is 10.1. The van der Waals surface area contributed by atoms with E-state index in [1.165, 1.54) is 0 Å². The van der Waals surface area contributed by atoms with E-state index < -0.39 is 0 Å². The summed E-state index contributed by atoms with van der Waals surface area (Å²) in [5.74, 6) is 0. The van der Waals surface area contributed by atoms with Gasteiger partial charge in [0.15, 0.2) is 0 Å². The van der Waals surface area contributed by atoms with Gasteiger partial charge in [-0.25, -0.2) is 0 Å². The molecule has 0 spiro atoms. The van der Waals surface area contributed by atoms with Gasteiger partial charge in [0.05, 0.1) is 11.0 Å². The summed E-state index contributed by atoms with van der Waals surface area (Å²) in [4.78, 5) is 9.73. The molecule has 1 aromatic carbocycles. The van der Waals surface area contributed by atoms with Crippen LogP contribution in [0.2, 0.25) is 0 Å². The summed E-state index contributed by atoms with van der Waals surface area (Å²) < 4.78 is 0. The van der Waals surface area contributed by atoms with E-state index in [-0.39, 0.29) is 22.2 Å². The maximum atomic E-state index is 9.73. The van der Waals surface area contributed by atoms with Crippen molar-refractivity contribution in [2.75, 3.05) is 5.17 Å². The number of benzene rings is 1. The molecule has 0 amide bonds. The van der Waals surface area contributed by atoms with Crippen molar-refractivity contribution in [3.8, 4) is 0 Å². The van der Waals surface area contributed by atoms with Crippen LogP contribution in [0.4, 0.5) is 5.69 Å². The molecule has 0 saturated carbocycles. The first-order chi connectivity index (χ1) is 4.84. The molecule has 0 fully saturated rings. The third kappa shape index (κ3) is 2.67. The second-order valence-electron chi connectivity index (χ2n) is 1.71. The molecule has 0 bridgehead atoms. The van der Waals surface area contributed by atoms with E-state index in [1.807, 2.05) is 0 Å². The van der Waals surface area contributed by atoms with E-state index in [2.05, 4.69) is 5.29 Å². The standard InChI is InChI=1S/C6H6N2O2.Fe/c9-7-8(10)6-4-2-1-3-5-6;/h1-5,10H;. The van der Waals surface area contributed by atoms with Crippen LogP contribution in [-0.2, 0) is 17.1 Å². The Morgan fingerprint density at radius 1 is 1.27 bits per heavy atom. The fourth-order valence-electron chi connectivity index (χ4n) is 0.608. The summed E-state index contributed by atoms with van der Waals surface area (Å²) in [6, 6.07) is 8.32. The van der Waals surface area contributed by atoms with Gasteiger partial charge in [0.2, 0.25) is 0 Å². The van der Waals surface area contributed by atoms with Crippen LogP contribution in [0.3, 0.4) is 0 Å². The average molecular weight is 194 g/mol. The Bertz CT molecular complexity index is 217. The van der Waals surface area contributed by atoms with Gasteiger partial charge in [-0.1, -0.05) is 18.2 Å². The second-order valence-corrected chi connectivity index (χ2v) is 1.71. The quantitative estimate of drug-likeness (QED) is 0.441. The van der Waals surface area contributed by atoms with E-state index in [1.54, 1.807) is 30.3 Å². The van der Waals surface area contributed by atoms with E-state index in [0.717, 1.165) is 0 Å². The van der Waals surface area contributed by atoms with Gasteiger partial charge in [-0.2, -0.15) is 0 Å². The molecule has 0 unspecified atom stereocenters. The Kier molecular flexibility index (Phi) is 4.45. The molecule has 0 aromatic heterocycles. The smallest absolute Gasteiger partial charge is 0.0932 e. The summed E-state index contributed by atoms with van der Waals surface area (Å²) in [5, 5.41) is 11.3. The molecule has 1 aromatic rings. The van der Waals surface area contributed by atoms with Crippen molar-refractivity contribution in [3.63, 3.8) is 0 Å². The molecule has 1 N–H and O–H groups in total. The van der Waals surface area contributed by atoms with Crippen LogP contribution in [-0.4, -0.2) is 5.21 Å². The van der Waals surface area contributed by atoms with Crippen molar-refractivity contribution in [2.24, 2.45) is 5.29 Å². The fourth-order valence-corrected chi connectivity index (χ4v) is 0.608. The van der Waals surface area contributed by atoms with E-state index >= 15 is 0 Å². The summed E-state index contributed by atoms with van der Waals surface area (Å²) in [6.45, 7) is 0. The molecular weight excluding hydrogens is 188 g/mol. The van der Waals surface area contributed by atoms with Crippen molar-refractivity contribution in [1.82, 2.24) is 0 Å². The Morgan fingerprint density at radius 3 is 2.27 bits per heavy atom. The molecule has 60 valence electrons. The van der Waals surface area contributed by atoms with Gasteiger partial charge in [0, 0.05) is 17.1 Å². The van der Waals surface area contributed by atoms with Crippen molar-refractivity contribution in [3.05, 3.63) is 35.2 Å². The van der Waals surface area contributed by atoms with Crippen LogP contribution in [0.1, 0.15) is 0 Å². The predicted octanol–water partition coefficient (Wildman–Crippen LogP) is 1.56. The number of hydrogen-bond acceptors (Lipinski definition) is 3. The van der Waals surface area contributed by atoms with Crippen molar-refractivity contribution in [1.29, 1.82) is 0 Å². The average Bonchev–Trinajstić information content (AvgIpc) is 2.05. The minimum Gasteiger partial charge on any atom is -0.265 e. The first-order valence-corrected chi connectivity index (χ1v) is 2.72. The van der Waals surface area contributed by atoms with Crippen molar-refractivity contribution >= 4 is 5.69 Å². The number of nitroso groups, excluding NO2 is 1. The molecule has 0 aliphatic carbocycles. The molecule has 4 nitrogen and oxygen atoms in total. The Hall–Kier alpha value is -0.901. The van der Waals surface area contributed by atoms with Gasteiger partial charge in [-0.15, -0.1) is 10.1 Å². The van der Waals surface area contributed by atoms with Crippen LogP contribution in [0, 0.1) is 4.91 Å². The number of para-hydroxylation sites is 1. The molecule has 0 aliphatic heterocycles. The Morgan fingerprint density at radius 2 is 1.82 bits per heavy atom. The fraction of sp³-hybridized carbons (Fsp3) is 0. The molecule has 0 radical (unpaired) electrons. The minimum atomic E-state index is 0. The van der Waals surface area contributed by atoms with Crippen LogP contribution < -0.4 is 5.17 Å². The second kappa shape index (κ2) is 4.85. The van der Waals surface area contributed by atoms with Gasteiger partial charge in [-0.3, -0.25) is 5.21 Å². The van der Waals surface area contributed by atoms with Crippen LogP contribution in [0.15, 0.2) is 35.6 Å². The first-order valence-electron chi connectivity index (χ1n) is 2.72. The largest absolute Gasteiger partial charge is 0.265 e. The normalized spacial score (nSPS) is 8.09. The third-order valence-corrected chi connectivity index (χ3v) is 1.06. The van der Waals surface area contributed by atoms with Gasteiger partial charge >= 0.3 is 0 Å². The number of hydrogen-bond donors (Lipinski definition) is 1. The molecule has 0 aliphatic rings. The molecule has 5 heteroatoms. The summed E-state index contributed by atoms with van der Waals surface area (Å²) in [5.41, 5.74) is 0.359. The number of nitrogens with zero attached hydrogens (tertiary/aromatic N) is 2. The monoisotopic (exact) mass is 194 g/mol. The van der Waals surface area contributed by atoms with E-state index in [9.17, 15) is 4.91 Å². The molecule has 0 saturated heterocycles. The summed E-state index contributed by atoms with van der Waals surface area (Å²) in [7, 11) is 0. The van der Waals surface area contributed by atoms with Crippen LogP contribution >= 0.6 is 0 Å². The predicted molar refractivity (Wildman–Crippen MR) is 36.5 cm³/mol. The Balaban J connectivity index is 0.000001000. The molecular formula is C6H6FeN2O2. The van der Waals surface area contributed by atoms with Crippen LogP contribution in [0.5, 0.6) is 0 Å². The van der Waals surface area contributed by atoms with Gasteiger partial charge in [-0.05, 0) is 12.1 Å². The molecule has 0 atom stereocenters. The van der Waals surface area contributed by atoms with E-state index in [4.69, 9.17) is 5.21 Å². The maximum absolute atomic E-state index is 9.73. The SMILES string of the molecule is O=NN(O)c1ccccc1.[Fe]. The van der Waals surface area contributed by atoms with Gasteiger partial charge in [0.25, 0.3) is 0 Å². The molecule has 1 rings (SSSR count). The Labute approximate surface area is 74.2 Å². The summed E-state index contributed by atoms with van der Waals surface area (Å²) >= 11 is 0. The summed E-state index contributed by atoms with van der Waals surface area (Å²) in [6.07, 6.45) is 0. The zero-order valence-corrected chi connectivity index (χ0v) is 6.59. The maximum Gasteiger partial charge on any atom is 0.0932 e. The van der Waals surface area contributed by atoms with Crippen molar-refractivity contribution < 1.29 is 22.3 Å². The number of anilines is 1. The topological polar surface area (TPSA) is 52.9 Å². The van der Waals surface area contributed by atoms with Crippen LogP contribution in [0.25, 0.3) is 0 Å². The number of rotatable bonds is 2. The molecule has 11 heavy (non-hydrogen) atoms. The van der Waals surface area contributed by atoms with Crippen molar-refractivity contribution in [2.45, 2.75) is 0 Å². The van der Waals surface area contributed by atoms with Gasteiger partial charge < -0.3 is 0 Å². The van der Waals surface area contributed by atoms with E-state index in [0.29, 0.717) is 5.69 Å². The van der Waals surface area contributed by atoms with Gasteiger partial charge in [0.1, 0.15) is 0 Å².